The summed E-state index contributed by atoms with van der Waals surface area (Å²) in [5.74, 6) is 0.860. The van der Waals surface area contributed by atoms with Crippen LogP contribution in [0.25, 0.3) is 0 Å². The first kappa shape index (κ1) is 20.6. The Bertz CT molecular complexity index is 724. The van der Waals surface area contributed by atoms with Gasteiger partial charge in [0.15, 0.2) is 0 Å². The van der Waals surface area contributed by atoms with E-state index >= 15 is 0 Å². The van der Waals surface area contributed by atoms with E-state index in [2.05, 4.69) is 17.0 Å². The molecule has 1 aliphatic rings. The third-order valence-electron chi connectivity index (χ3n) is 4.73. The third kappa shape index (κ3) is 6.82. The van der Waals surface area contributed by atoms with Crippen LogP contribution in [0.1, 0.15) is 12.0 Å². The van der Waals surface area contributed by atoms with Gasteiger partial charge in [0.25, 0.3) is 0 Å². The van der Waals surface area contributed by atoms with Crippen LogP contribution in [-0.2, 0) is 16.1 Å². The van der Waals surface area contributed by atoms with Gasteiger partial charge < -0.3 is 14.4 Å². The Kier molecular flexibility index (Phi) is 8.15. The van der Waals surface area contributed by atoms with Crippen molar-refractivity contribution in [2.75, 3.05) is 46.0 Å². The van der Waals surface area contributed by atoms with Gasteiger partial charge in [0, 0.05) is 37.7 Å². The minimum absolute atomic E-state index is 0.0491. The number of carbonyl (C=O) groups excluding carboxylic acids is 1. The molecule has 1 fully saturated rings. The smallest absolute Gasteiger partial charge is 0.248 e. The Hall–Kier alpha value is -2.08. The zero-order valence-corrected chi connectivity index (χ0v) is 16.8. The molecule has 0 aromatic heterocycles. The highest BCUT2D eigenvalue weighted by Crippen LogP contribution is 2.13. The lowest BCUT2D eigenvalue weighted by molar-refractivity contribution is -0.136. The lowest BCUT2D eigenvalue weighted by Gasteiger charge is -2.22. The largest absolute Gasteiger partial charge is 0.491 e. The Morgan fingerprint density at radius 3 is 2.50 bits per heavy atom. The molecule has 0 saturated carbocycles. The molecule has 0 spiro atoms. The fourth-order valence-electron chi connectivity index (χ4n) is 3.21. The van der Waals surface area contributed by atoms with Crippen molar-refractivity contribution in [3.8, 4) is 5.75 Å². The molecule has 0 N–H and O–H groups in total. The number of amides is 1. The number of rotatable bonds is 8. The number of hydrogen-bond acceptors (Lipinski definition) is 4. The number of halogens is 1. The summed E-state index contributed by atoms with van der Waals surface area (Å²) in [6, 6.07) is 17.6. The molecule has 1 amide bonds. The van der Waals surface area contributed by atoms with Gasteiger partial charge in [0.1, 0.15) is 19.0 Å². The maximum absolute atomic E-state index is 12.4. The van der Waals surface area contributed by atoms with E-state index in [0.717, 1.165) is 49.9 Å². The van der Waals surface area contributed by atoms with E-state index in [-0.39, 0.29) is 12.5 Å². The summed E-state index contributed by atoms with van der Waals surface area (Å²) >= 11 is 5.95. The molecular weight excluding hydrogens is 376 g/mol. The average molecular weight is 403 g/mol. The van der Waals surface area contributed by atoms with Crippen molar-refractivity contribution in [2.45, 2.75) is 13.0 Å². The highest BCUT2D eigenvalue weighted by Gasteiger charge is 2.19. The van der Waals surface area contributed by atoms with Crippen molar-refractivity contribution in [3.05, 3.63) is 65.2 Å². The summed E-state index contributed by atoms with van der Waals surface area (Å²) in [6.45, 7) is 5.19. The molecule has 0 atom stereocenters. The third-order valence-corrected chi connectivity index (χ3v) is 4.98. The first-order valence-corrected chi connectivity index (χ1v) is 10.1. The van der Waals surface area contributed by atoms with Crippen molar-refractivity contribution in [2.24, 2.45) is 0 Å². The highest BCUT2D eigenvalue weighted by atomic mass is 35.5. The molecule has 28 heavy (non-hydrogen) atoms. The zero-order chi connectivity index (χ0) is 19.6. The van der Waals surface area contributed by atoms with Crippen LogP contribution in [0.2, 0.25) is 5.02 Å². The standard InChI is InChI=1S/C22H27ClN2O3/c23-20-9-7-19(8-10-20)17-24-11-4-12-25(14-13-24)22(26)18-27-15-16-28-21-5-2-1-3-6-21/h1-3,5-10H,4,11-18H2. The maximum atomic E-state index is 12.4. The number of nitrogens with zero attached hydrogens (tertiary/aromatic N) is 2. The van der Waals surface area contributed by atoms with Gasteiger partial charge in [-0.05, 0) is 36.2 Å². The first-order chi connectivity index (χ1) is 13.7. The van der Waals surface area contributed by atoms with Gasteiger partial charge in [0.2, 0.25) is 5.91 Å². The minimum Gasteiger partial charge on any atom is -0.491 e. The summed E-state index contributed by atoms with van der Waals surface area (Å²) in [7, 11) is 0. The van der Waals surface area contributed by atoms with Crippen LogP contribution in [0.15, 0.2) is 54.6 Å². The molecule has 1 saturated heterocycles. The zero-order valence-electron chi connectivity index (χ0n) is 16.1. The van der Waals surface area contributed by atoms with E-state index in [1.54, 1.807) is 0 Å². The van der Waals surface area contributed by atoms with Gasteiger partial charge in [0.05, 0.1) is 6.61 Å². The lowest BCUT2D eigenvalue weighted by atomic mass is 10.2. The van der Waals surface area contributed by atoms with Crippen LogP contribution in [0, 0.1) is 0 Å². The summed E-state index contributed by atoms with van der Waals surface area (Å²) in [5.41, 5.74) is 1.24. The SMILES string of the molecule is O=C(COCCOc1ccccc1)N1CCCN(Cc2ccc(Cl)cc2)CC1. The second-order valence-corrected chi connectivity index (χ2v) is 7.29. The van der Waals surface area contributed by atoms with Gasteiger partial charge in [-0.25, -0.2) is 0 Å². The molecule has 2 aromatic rings. The fraction of sp³-hybridized carbons (Fsp3) is 0.409. The summed E-state index contributed by atoms with van der Waals surface area (Å²) in [5, 5.41) is 0.755. The van der Waals surface area contributed by atoms with Crippen molar-refractivity contribution < 1.29 is 14.3 Å². The van der Waals surface area contributed by atoms with Gasteiger partial charge in [-0.3, -0.25) is 9.69 Å². The monoisotopic (exact) mass is 402 g/mol. The van der Waals surface area contributed by atoms with E-state index in [9.17, 15) is 4.79 Å². The van der Waals surface area contributed by atoms with Gasteiger partial charge >= 0.3 is 0 Å². The molecule has 0 unspecified atom stereocenters. The van der Waals surface area contributed by atoms with Crippen LogP contribution >= 0.6 is 11.6 Å². The number of benzene rings is 2. The van der Waals surface area contributed by atoms with Gasteiger partial charge in [-0.1, -0.05) is 41.9 Å². The minimum atomic E-state index is 0.0491. The van der Waals surface area contributed by atoms with Crippen LogP contribution in [0.4, 0.5) is 0 Å². The summed E-state index contributed by atoms with van der Waals surface area (Å²) in [4.78, 5) is 16.7. The lowest BCUT2D eigenvalue weighted by Crippen LogP contribution is -2.37. The molecule has 6 heteroatoms. The van der Waals surface area contributed by atoms with E-state index < -0.39 is 0 Å². The molecule has 0 aliphatic carbocycles. The van der Waals surface area contributed by atoms with Crippen LogP contribution < -0.4 is 4.74 Å². The molecule has 3 rings (SSSR count). The Morgan fingerprint density at radius 1 is 0.929 bits per heavy atom. The molecule has 0 bridgehead atoms. The summed E-state index contributed by atoms with van der Waals surface area (Å²) in [6.07, 6.45) is 0.969. The van der Waals surface area contributed by atoms with Crippen LogP contribution in [0.3, 0.4) is 0 Å². The predicted octanol–water partition coefficient (Wildman–Crippen LogP) is 3.47. The Labute approximate surface area is 171 Å². The second-order valence-electron chi connectivity index (χ2n) is 6.85. The molecule has 5 nitrogen and oxygen atoms in total. The number of ether oxygens (including phenoxy) is 2. The van der Waals surface area contributed by atoms with Gasteiger partial charge in [-0.15, -0.1) is 0 Å². The maximum Gasteiger partial charge on any atom is 0.248 e. The number of carbonyl (C=O) groups is 1. The second kappa shape index (κ2) is 11.1. The van der Waals surface area contributed by atoms with Crippen LogP contribution in [0.5, 0.6) is 5.75 Å². The summed E-state index contributed by atoms with van der Waals surface area (Å²) < 4.78 is 11.1. The molecule has 2 aromatic carbocycles. The van der Waals surface area contributed by atoms with Crippen LogP contribution in [-0.4, -0.2) is 61.7 Å². The predicted molar refractivity (Wildman–Crippen MR) is 111 cm³/mol. The van der Waals surface area contributed by atoms with Crippen molar-refractivity contribution in [1.29, 1.82) is 0 Å². The first-order valence-electron chi connectivity index (χ1n) is 9.71. The number of para-hydroxylation sites is 1. The molecule has 150 valence electrons. The van der Waals surface area contributed by atoms with E-state index in [1.807, 2.05) is 47.4 Å². The molecule has 1 heterocycles. The van der Waals surface area contributed by atoms with E-state index in [0.29, 0.717) is 13.2 Å². The van der Waals surface area contributed by atoms with Crippen molar-refractivity contribution >= 4 is 17.5 Å². The van der Waals surface area contributed by atoms with Crippen molar-refractivity contribution in [3.63, 3.8) is 0 Å². The molecule has 1 aliphatic heterocycles. The Morgan fingerprint density at radius 2 is 1.71 bits per heavy atom. The van der Waals surface area contributed by atoms with E-state index in [1.165, 1.54) is 5.56 Å². The van der Waals surface area contributed by atoms with Gasteiger partial charge in [-0.2, -0.15) is 0 Å². The number of hydrogen-bond donors (Lipinski definition) is 0. The molecular formula is C22H27ClN2O3. The normalized spacial score (nSPS) is 15.2. The Balaban J connectivity index is 1.34. The average Bonchev–Trinajstić information content (AvgIpc) is 2.96. The molecule has 0 radical (unpaired) electrons. The fourth-order valence-corrected chi connectivity index (χ4v) is 3.34. The van der Waals surface area contributed by atoms with Crippen molar-refractivity contribution in [1.82, 2.24) is 9.80 Å². The topological polar surface area (TPSA) is 42.0 Å². The highest BCUT2D eigenvalue weighted by molar-refractivity contribution is 6.30. The van der Waals surface area contributed by atoms with E-state index in [4.69, 9.17) is 21.1 Å². The quantitative estimate of drug-likeness (QED) is 0.634.